The van der Waals surface area contributed by atoms with E-state index in [0.29, 0.717) is 29.5 Å². The maximum absolute atomic E-state index is 6.04. The summed E-state index contributed by atoms with van der Waals surface area (Å²) in [5, 5.41) is 0. The first-order valence-corrected chi connectivity index (χ1v) is 5.82. The number of benzene rings is 1. The highest BCUT2D eigenvalue weighted by Gasteiger charge is 2.16. The van der Waals surface area contributed by atoms with Gasteiger partial charge in [0.05, 0.1) is 21.3 Å². The highest BCUT2D eigenvalue weighted by molar-refractivity contribution is 6.17. The molecule has 0 aliphatic heterocycles. The van der Waals surface area contributed by atoms with Gasteiger partial charge in [-0.05, 0) is 12.5 Å². The molecule has 1 atom stereocenters. The Balaban J connectivity index is 3.18. The lowest BCUT2D eigenvalue weighted by atomic mass is 10.0. The van der Waals surface area contributed by atoms with Crippen LogP contribution in [0.15, 0.2) is 12.1 Å². The Hall–Kier alpha value is -1.13. The fourth-order valence-corrected chi connectivity index (χ4v) is 1.85. The van der Waals surface area contributed by atoms with Crippen LogP contribution in [0, 0.1) is 0 Å². The van der Waals surface area contributed by atoms with Crippen LogP contribution in [0.1, 0.15) is 18.0 Å². The van der Waals surface area contributed by atoms with E-state index in [1.165, 1.54) is 0 Å². The summed E-state index contributed by atoms with van der Waals surface area (Å²) in [5.41, 5.74) is 6.90. The molecule has 0 heterocycles. The van der Waals surface area contributed by atoms with E-state index in [4.69, 9.17) is 31.5 Å². The normalized spacial score (nSPS) is 12.1. The van der Waals surface area contributed by atoms with Crippen LogP contribution < -0.4 is 19.9 Å². The number of ether oxygens (including phenoxy) is 3. The summed E-state index contributed by atoms with van der Waals surface area (Å²) in [4.78, 5) is 0. The maximum Gasteiger partial charge on any atom is 0.164 e. The predicted molar refractivity (Wildman–Crippen MR) is 68.4 cm³/mol. The maximum atomic E-state index is 6.04. The highest BCUT2D eigenvalue weighted by atomic mass is 35.5. The highest BCUT2D eigenvalue weighted by Crippen LogP contribution is 2.37. The molecule has 0 aromatic heterocycles. The van der Waals surface area contributed by atoms with Crippen LogP contribution in [0.2, 0.25) is 0 Å². The molecular formula is C12H18ClNO3. The Kier molecular flexibility index (Phi) is 5.38. The monoisotopic (exact) mass is 259 g/mol. The van der Waals surface area contributed by atoms with E-state index in [0.717, 1.165) is 5.56 Å². The molecule has 1 aromatic carbocycles. The minimum Gasteiger partial charge on any atom is -0.496 e. The van der Waals surface area contributed by atoms with Crippen LogP contribution in [0.5, 0.6) is 17.2 Å². The molecule has 96 valence electrons. The molecule has 0 saturated heterocycles. The van der Waals surface area contributed by atoms with Crippen molar-refractivity contribution in [2.45, 2.75) is 12.5 Å². The molecular weight excluding hydrogens is 242 g/mol. The van der Waals surface area contributed by atoms with Gasteiger partial charge in [-0.15, -0.1) is 11.6 Å². The van der Waals surface area contributed by atoms with E-state index in [-0.39, 0.29) is 6.04 Å². The molecule has 1 aromatic rings. The van der Waals surface area contributed by atoms with E-state index in [9.17, 15) is 0 Å². The molecule has 0 amide bonds. The van der Waals surface area contributed by atoms with E-state index < -0.39 is 0 Å². The van der Waals surface area contributed by atoms with Gasteiger partial charge in [0.1, 0.15) is 5.75 Å². The predicted octanol–water partition coefficient (Wildman–Crippen LogP) is 2.34. The molecule has 1 unspecified atom stereocenters. The molecule has 0 saturated carbocycles. The van der Waals surface area contributed by atoms with Gasteiger partial charge in [-0.25, -0.2) is 0 Å². The third kappa shape index (κ3) is 3.17. The second-order valence-corrected chi connectivity index (χ2v) is 3.91. The molecule has 0 radical (unpaired) electrons. The molecule has 2 N–H and O–H groups in total. The number of alkyl halides is 1. The minimum atomic E-state index is -0.178. The standard InChI is InChI=1S/C12H18ClNO3/c1-15-10-7-12(17-3)11(16-2)6-8(10)9(14)4-5-13/h6-7,9H,4-5,14H2,1-3H3. The lowest BCUT2D eigenvalue weighted by Gasteiger charge is -2.17. The van der Waals surface area contributed by atoms with Gasteiger partial charge in [-0.2, -0.15) is 0 Å². The Bertz CT molecular complexity index is 371. The number of methoxy groups -OCH3 is 3. The molecule has 5 heteroatoms. The average Bonchev–Trinajstić information content (AvgIpc) is 2.37. The van der Waals surface area contributed by atoms with Crippen molar-refractivity contribution in [3.63, 3.8) is 0 Å². The van der Waals surface area contributed by atoms with Gasteiger partial charge in [0.15, 0.2) is 11.5 Å². The molecule has 4 nitrogen and oxygen atoms in total. The van der Waals surface area contributed by atoms with Crippen molar-refractivity contribution >= 4 is 11.6 Å². The number of rotatable bonds is 6. The Labute approximate surface area is 107 Å². The van der Waals surface area contributed by atoms with Gasteiger partial charge in [0, 0.05) is 23.6 Å². The van der Waals surface area contributed by atoms with Gasteiger partial charge < -0.3 is 19.9 Å². The first kappa shape index (κ1) is 13.9. The third-order valence-electron chi connectivity index (χ3n) is 2.56. The summed E-state index contributed by atoms with van der Waals surface area (Å²) in [6, 6.07) is 3.42. The van der Waals surface area contributed by atoms with Gasteiger partial charge in [0.2, 0.25) is 0 Å². The van der Waals surface area contributed by atoms with E-state index in [1.54, 1.807) is 27.4 Å². The largest absolute Gasteiger partial charge is 0.496 e. The summed E-state index contributed by atoms with van der Waals surface area (Å²) < 4.78 is 15.7. The zero-order chi connectivity index (χ0) is 12.8. The van der Waals surface area contributed by atoms with E-state index in [1.807, 2.05) is 6.07 Å². The summed E-state index contributed by atoms with van der Waals surface area (Å²) in [7, 11) is 4.76. The average molecular weight is 260 g/mol. The number of nitrogens with two attached hydrogens (primary N) is 1. The van der Waals surface area contributed by atoms with Crippen molar-refractivity contribution in [1.29, 1.82) is 0 Å². The molecule has 0 spiro atoms. The summed E-state index contributed by atoms with van der Waals surface area (Å²) in [6.07, 6.45) is 0.674. The number of hydrogen-bond donors (Lipinski definition) is 1. The van der Waals surface area contributed by atoms with Crippen LogP contribution in [-0.2, 0) is 0 Å². The van der Waals surface area contributed by atoms with Crippen LogP contribution in [-0.4, -0.2) is 27.2 Å². The van der Waals surface area contributed by atoms with Gasteiger partial charge in [0.25, 0.3) is 0 Å². The van der Waals surface area contributed by atoms with E-state index in [2.05, 4.69) is 0 Å². The molecule has 0 fully saturated rings. The smallest absolute Gasteiger partial charge is 0.164 e. The van der Waals surface area contributed by atoms with Crippen molar-refractivity contribution in [2.75, 3.05) is 27.2 Å². The summed E-state index contributed by atoms with van der Waals surface area (Å²) in [5.74, 6) is 2.43. The van der Waals surface area contributed by atoms with Crippen molar-refractivity contribution in [2.24, 2.45) is 5.73 Å². The fourth-order valence-electron chi connectivity index (χ4n) is 1.62. The van der Waals surface area contributed by atoms with Crippen LogP contribution >= 0.6 is 11.6 Å². The first-order chi connectivity index (χ1) is 8.17. The molecule has 0 aliphatic carbocycles. The molecule has 0 bridgehead atoms. The van der Waals surface area contributed by atoms with Crippen LogP contribution in [0.25, 0.3) is 0 Å². The second-order valence-electron chi connectivity index (χ2n) is 3.53. The zero-order valence-electron chi connectivity index (χ0n) is 10.3. The molecule has 17 heavy (non-hydrogen) atoms. The second kappa shape index (κ2) is 6.57. The number of hydrogen-bond acceptors (Lipinski definition) is 4. The number of halogens is 1. The van der Waals surface area contributed by atoms with Crippen molar-refractivity contribution in [3.8, 4) is 17.2 Å². The van der Waals surface area contributed by atoms with Gasteiger partial charge >= 0.3 is 0 Å². The summed E-state index contributed by atoms with van der Waals surface area (Å²) >= 11 is 5.70. The van der Waals surface area contributed by atoms with Crippen molar-refractivity contribution < 1.29 is 14.2 Å². The zero-order valence-corrected chi connectivity index (χ0v) is 11.1. The Morgan fingerprint density at radius 1 is 1.06 bits per heavy atom. The SMILES string of the molecule is COc1cc(OC)c(C(N)CCCl)cc1OC. The minimum absolute atomic E-state index is 0.178. The molecule has 0 aliphatic rings. The quantitative estimate of drug-likeness (QED) is 0.797. The van der Waals surface area contributed by atoms with Crippen LogP contribution in [0.4, 0.5) is 0 Å². The lowest BCUT2D eigenvalue weighted by molar-refractivity contribution is 0.346. The third-order valence-corrected chi connectivity index (χ3v) is 2.77. The molecule has 1 rings (SSSR count). The first-order valence-electron chi connectivity index (χ1n) is 5.29. The van der Waals surface area contributed by atoms with Crippen molar-refractivity contribution in [1.82, 2.24) is 0 Å². The summed E-state index contributed by atoms with van der Waals surface area (Å²) in [6.45, 7) is 0. The van der Waals surface area contributed by atoms with E-state index >= 15 is 0 Å². The van der Waals surface area contributed by atoms with Crippen LogP contribution in [0.3, 0.4) is 0 Å². The Morgan fingerprint density at radius 3 is 2.06 bits per heavy atom. The van der Waals surface area contributed by atoms with Gasteiger partial charge in [-0.3, -0.25) is 0 Å². The topological polar surface area (TPSA) is 53.7 Å². The lowest BCUT2D eigenvalue weighted by Crippen LogP contribution is -2.12. The fraction of sp³-hybridized carbons (Fsp3) is 0.500. The van der Waals surface area contributed by atoms with Gasteiger partial charge in [-0.1, -0.05) is 0 Å². The Morgan fingerprint density at radius 2 is 1.59 bits per heavy atom. The van der Waals surface area contributed by atoms with Crippen molar-refractivity contribution in [3.05, 3.63) is 17.7 Å².